The van der Waals surface area contributed by atoms with Gasteiger partial charge < -0.3 is 10.4 Å². The molecule has 6 nitrogen and oxygen atoms in total. The summed E-state index contributed by atoms with van der Waals surface area (Å²) in [6.45, 7) is -0.0535. The Morgan fingerprint density at radius 3 is 2.30 bits per heavy atom. The number of carbonyl (C=O) groups is 2. The van der Waals surface area contributed by atoms with Gasteiger partial charge in [-0.2, -0.15) is 0 Å². The van der Waals surface area contributed by atoms with Crippen LogP contribution in [0.25, 0.3) is 0 Å². The molecule has 0 heterocycles. The quantitative estimate of drug-likeness (QED) is 0.673. The van der Waals surface area contributed by atoms with E-state index in [0.29, 0.717) is 5.56 Å². The van der Waals surface area contributed by atoms with E-state index in [2.05, 4.69) is 5.32 Å². The molecule has 1 amide bonds. The standard InChI is InChI=1S/C13H17NO5S/c1-20(18,19)12-4-2-10(3-5-12)8-11(16)9-13(17)14-6-7-15/h2-5,15H,6-9H2,1H3,(H,14,17). The molecule has 20 heavy (non-hydrogen) atoms. The SMILES string of the molecule is CS(=O)(=O)c1ccc(CC(=O)CC(=O)NCCO)cc1. The zero-order valence-corrected chi connectivity index (χ0v) is 11.9. The van der Waals surface area contributed by atoms with Crippen LogP contribution in [0.3, 0.4) is 0 Å². The molecule has 1 aromatic carbocycles. The maximum atomic E-state index is 11.6. The summed E-state index contributed by atoms with van der Waals surface area (Å²) in [7, 11) is -3.25. The van der Waals surface area contributed by atoms with E-state index < -0.39 is 15.7 Å². The lowest BCUT2D eigenvalue weighted by Crippen LogP contribution is -2.28. The molecule has 0 aliphatic carbocycles. The first kappa shape index (κ1) is 16.3. The second kappa shape index (κ2) is 7.16. The molecular weight excluding hydrogens is 282 g/mol. The molecule has 0 bridgehead atoms. The van der Waals surface area contributed by atoms with Crippen molar-refractivity contribution in [3.63, 3.8) is 0 Å². The Bertz CT molecular complexity index is 577. The van der Waals surface area contributed by atoms with Crippen molar-refractivity contribution in [2.45, 2.75) is 17.7 Å². The molecule has 0 aliphatic heterocycles. The van der Waals surface area contributed by atoms with E-state index in [4.69, 9.17) is 5.11 Å². The second-order valence-corrected chi connectivity index (χ2v) is 6.40. The van der Waals surface area contributed by atoms with E-state index >= 15 is 0 Å². The van der Waals surface area contributed by atoms with Crippen molar-refractivity contribution < 1.29 is 23.1 Å². The topological polar surface area (TPSA) is 101 Å². The Hall–Kier alpha value is -1.73. The van der Waals surface area contributed by atoms with Gasteiger partial charge in [-0.15, -0.1) is 0 Å². The van der Waals surface area contributed by atoms with Crippen LogP contribution in [0, 0.1) is 0 Å². The lowest BCUT2D eigenvalue weighted by Gasteiger charge is -2.04. The highest BCUT2D eigenvalue weighted by molar-refractivity contribution is 7.90. The zero-order valence-electron chi connectivity index (χ0n) is 11.1. The molecular formula is C13H17NO5S. The van der Waals surface area contributed by atoms with Crippen LogP contribution in [0.2, 0.25) is 0 Å². The number of Topliss-reactive ketones (excluding diaryl/α,β-unsaturated/α-hetero) is 1. The Morgan fingerprint density at radius 2 is 1.80 bits per heavy atom. The number of sulfone groups is 1. The fourth-order valence-corrected chi connectivity index (χ4v) is 2.21. The van der Waals surface area contributed by atoms with Crippen LogP contribution < -0.4 is 5.32 Å². The molecule has 0 saturated carbocycles. The van der Waals surface area contributed by atoms with Crippen molar-refractivity contribution in [2.75, 3.05) is 19.4 Å². The summed E-state index contributed by atoms with van der Waals surface area (Å²) in [6.07, 6.45) is 0.920. The van der Waals surface area contributed by atoms with Crippen LogP contribution in [-0.4, -0.2) is 44.6 Å². The number of rotatable bonds is 7. The number of benzene rings is 1. The normalized spacial score (nSPS) is 11.1. The van der Waals surface area contributed by atoms with Gasteiger partial charge >= 0.3 is 0 Å². The molecule has 1 rings (SSSR count). The molecule has 0 aromatic heterocycles. The van der Waals surface area contributed by atoms with Gasteiger partial charge in [0.15, 0.2) is 9.84 Å². The minimum Gasteiger partial charge on any atom is -0.395 e. The van der Waals surface area contributed by atoms with Gasteiger partial charge in [0, 0.05) is 19.2 Å². The van der Waals surface area contributed by atoms with Crippen LogP contribution in [-0.2, 0) is 25.8 Å². The van der Waals surface area contributed by atoms with E-state index in [1.165, 1.54) is 12.1 Å². The zero-order chi connectivity index (χ0) is 15.2. The van der Waals surface area contributed by atoms with Crippen LogP contribution in [0.4, 0.5) is 0 Å². The van der Waals surface area contributed by atoms with Crippen molar-refractivity contribution in [1.29, 1.82) is 0 Å². The molecule has 7 heteroatoms. The summed E-state index contributed by atoms with van der Waals surface area (Å²) >= 11 is 0. The molecule has 0 saturated heterocycles. The molecule has 2 N–H and O–H groups in total. The Balaban J connectivity index is 2.57. The van der Waals surface area contributed by atoms with Crippen molar-refractivity contribution in [3.8, 4) is 0 Å². The molecule has 110 valence electrons. The summed E-state index contributed by atoms with van der Waals surface area (Å²) < 4.78 is 22.5. The van der Waals surface area contributed by atoms with Crippen LogP contribution in [0.15, 0.2) is 29.2 Å². The first-order chi connectivity index (χ1) is 9.32. The number of amides is 1. The Morgan fingerprint density at radius 1 is 1.20 bits per heavy atom. The third-order valence-corrected chi connectivity index (χ3v) is 3.67. The number of hydrogen-bond donors (Lipinski definition) is 2. The fraction of sp³-hybridized carbons (Fsp3) is 0.385. The summed E-state index contributed by atoms with van der Waals surface area (Å²) in [4.78, 5) is 23.1. The van der Waals surface area contributed by atoms with E-state index in [0.717, 1.165) is 6.26 Å². The highest BCUT2D eigenvalue weighted by Gasteiger charge is 2.11. The second-order valence-electron chi connectivity index (χ2n) is 4.38. The van der Waals surface area contributed by atoms with Gasteiger partial charge in [-0.25, -0.2) is 8.42 Å². The number of nitrogens with one attached hydrogen (secondary N) is 1. The smallest absolute Gasteiger partial charge is 0.227 e. The number of hydrogen-bond acceptors (Lipinski definition) is 5. The van der Waals surface area contributed by atoms with E-state index in [1.807, 2.05) is 0 Å². The van der Waals surface area contributed by atoms with Gasteiger partial charge in [-0.3, -0.25) is 9.59 Å². The highest BCUT2D eigenvalue weighted by Crippen LogP contribution is 2.11. The average Bonchev–Trinajstić information content (AvgIpc) is 2.35. The first-order valence-corrected chi connectivity index (χ1v) is 7.90. The lowest BCUT2D eigenvalue weighted by atomic mass is 10.1. The molecule has 0 atom stereocenters. The molecule has 0 fully saturated rings. The fourth-order valence-electron chi connectivity index (χ4n) is 1.58. The Kier molecular flexibility index (Phi) is 5.84. The predicted molar refractivity (Wildman–Crippen MR) is 73.0 cm³/mol. The third-order valence-electron chi connectivity index (χ3n) is 2.54. The molecule has 0 unspecified atom stereocenters. The number of aliphatic hydroxyl groups excluding tert-OH is 1. The summed E-state index contributed by atoms with van der Waals surface area (Å²) in [5.74, 6) is -0.704. The minimum absolute atomic E-state index is 0.0661. The van der Waals surface area contributed by atoms with Crippen LogP contribution >= 0.6 is 0 Å². The summed E-state index contributed by atoms with van der Waals surface area (Å²) in [5, 5.41) is 10.9. The maximum absolute atomic E-state index is 11.6. The average molecular weight is 299 g/mol. The van der Waals surface area contributed by atoms with Crippen molar-refractivity contribution in [1.82, 2.24) is 5.32 Å². The summed E-state index contributed by atoms with van der Waals surface area (Å²) in [6, 6.07) is 5.98. The minimum atomic E-state index is -3.25. The van der Waals surface area contributed by atoms with Gasteiger partial charge in [0.2, 0.25) is 5.91 Å². The van der Waals surface area contributed by atoms with E-state index in [1.54, 1.807) is 12.1 Å². The molecule has 0 aliphatic rings. The monoisotopic (exact) mass is 299 g/mol. The number of aliphatic hydroxyl groups is 1. The Labute approximate surface area is 117 Å². The van der Waals surface area contributed by atoms with Crippen molar-refractivity contribution in [3.05, 3.63) is 29.8 Å². The predicted octanol–water partition coefficient (Wildman–Crippen LogP) is -0.300. The molecule has 0 radical (unpaired) electrons. The maximum Gasteiger partial charge on any atom is 0.227 e. The van der Waals surface area contributed by atoms with Gasteiger partial charge in [0.1, 0.15) is 5.78 Å². The van der Waals surface area contributed by atoms with E-state index in [-0.39, 0.29) is 36.7 Å². The van der Waals surface area contributed by atoms with E-state index in [9.17, 15) is 18.0 Å². The van der Waals surface area contributed by atoms with Crippen molar-refractivity contribution in [2.24, 2.45) is 0 Å². The largest absolute Gasteiger partial charge is 0.395 e. The van der Waals surface area contributed by atoms with Gasteiger partial charge in [0.25, 0.3) is 0 Å². The van der Waals surface area contributed by atoms with Gasteiger partial charge in [0.05, 0.1) is 17.9 Å². The van der Waals surface area contributed by atoms with Crippen LogP contribution in [0.1, 0.15) is 12.0 Å². The first-order valence-electron chi connectivity index (χ1n) is 6.01. The molecule has 1 aromatic rings. The van der Waals surface area contributed by atoms with Gasteiger partial charge in [-0.1, -0.05) is 12.1 Å². The lowest BCUT2D eigenvalue weighted by molar-refractivity contribution is -0.127. The van der Waals surface area contributed by atoms with Gasteiger partial charge in [-0.05, 0) is 17.7 Å². The number of carbonyl (C=O) groups excluding carboxylic acids is 2. The summed E-state index contributed by atoms with van der Waals surface area (Å²) in [5.41, 5.74) is 0.650. The van der Waals surface area contributed by atoms with Crippen LogP contribution in [0.5, 0.6) is 0 Å². The van der Waals surface area contributed by atoms with Crippen molar-refractivity contribution >= 4 is 21.5 Å². The number of ketones is 1. The highest BCUT2D eigenvalue weighted by atomic mass is 32.2. The molecule has 0 spiro atoms. The third kappa shape index (κ3) is 5.50.